The Morgan fingerprint density at radius 1 is 1.43 bits per heavy atom. The van der Waals surface area contributed by atoms with Crippen molar-refractivity contribution >= 4 is 11.4 Å². The molecule has 1 aromatic rings. The number of methoxy groups -OCH3 is 1. The Morgan fingerprint density at radius 3 is 2.81 bits per heavy atom. The van der Waals surface area contributed by atoms with Gasteiger partial charge in [0.2, 0.25) is 0 Å². The Bertz CT molecular complexity index is 610. The molecule has 21 heavy (non-hydrogen) atoms. The number of nitro benzene ring substituents is 1. The lowest BCUT2D eigenvalue weighted by Crippen LogP contribution is -2.39. The van der Waals surface area contributed by atoms with Crippen molar-refractivity contribution in [1.29, 1.82) is 0 Å². The predicted molar refractivity (Wildman–Crippen MR) is 81.9 cm³/mol. The fourth-order valence-electron chi connectivity index (χ4n) is 3.62. The van der Waals surface area contributed by atoms with Gasteiger partial charge in [-0.25, -0.2) is 0 Å². The van der Waals surface area contributed by atoms with Crippen molar-refractivity contribution in [2.75, 3.05) is 12.4 Å². The van der Waals surface area contributed by atoms with Crippen molar-refractivity contribution in [2.24, 2.45) is 11.8 Å². The molecule has 2 aliphatic rings. The monoisotopic (exact) mass is 288 g/mol. The van der Waals surface area contributed by atoms with Crippen molar-refractivity contribution < 1.29 is 9.66 Å². The largest absolute Gasteiger partial charge is 0.494 e. The average molecular weight is 288 g/mol. The zero-order chi connectivity index (χ0) is 15.1. The SMILES string of the molecule is COc1cc([N+](=O)[O-])cc2c1N[C@@H](C(C)C)[C@@H]1CC=C[C@H]21. The first-order chi connectivity index (χ1) is 10.0. The number of rotatable bonds is 3. The van der Waals surface area contributed by atoms with Crippen LogP contribution in [-0.4, -0.2) is 18.1 Å². The van der Waals surface area contributed by atoms with E-state index in [-0.39, 0.29) is 16.5 Å². The summed E-state index contributed by atoms with van der Waals surface area (Å²) in [7, 11) is 1.56. The summed E-state index contributed by atoms with van der Waals surface area (Å²) in [5.74, 6) is 1.75. The quantitative estimate of drug-likeness (QED) is 0.523. The van der Waals surface area contributed by atoms with Crippen LogP contribution in [0.25, 0.3) is 0 Å². The second kappa shape index (κ2) is 5.06. The Kier molecular flexibility index (Phi) is 3.35. The van der Waals surface area contributed by atoms with Gasteiger partial charge < -0.3 is 10.1 Å². The van der Waals surface area contributed by atoms with Crippen LogP contribution in [0.3, 0.4) is 0 Å². The molecule has 5 nitrogen and oxygen atoms in total. The summed E-state index contributed by atoms with van der Waals surface area (Å²) < 4.78 is 5.39. The first-order valence-corrected chi connectivity index (χ1v) is 7.32. The molecule has 0 bridgehead atoms. The van der Waals surface area contributed by atoms with Gasteiger partial charge in [0.1, 0.15) is 5.75 Å². The highest BCUT2D eigenvalue weighted by atomic mass is 16.6. The van der Waals surface area contributed by atoms with E-state index in [1.807, 2.05) is 0 Å². The van der Waals surface area contributed by atoms with E-state index in [1.54, 1.807) is 13.2 Å². The average Bonchev–Trinajstić information content (AvgIpc) is 2.94. The first-order valence-electron chi connectivity index (χ1n) is 7.32. The number of anilines is 1. The molecular weight excluding hydrogens is 268 g/mol. The highest BCUT2D eigenvalue weighted by molar-refractivity contribution is 5.70. The van der Waals surface area contributed by atoms with Gasteiger partial charge in [0.15, 0.2) is 0 Å². The summed E-state index contributed by atoms with van der Waals surface area (Å²) in [4.78, 5) is 10.8. The van der Waals surface area contributed by atoms with Crippen LogP contribution in [-0.2, 0) is 0 Å². The maximum Gasteiger partial charge on any atom is 0.273 e. The van der Waals surface area contributed by atoms with E-state index < -0.39 is 0 Å². The molecule has 3 rings (SSSR count). The second-order valence-corrected chi connectivity index (χ2v) is 6.14. The fraction of sp³-hybridized carbons (Fsp3) is 0.500. The van der Waals surface area contributed by atoms with E-state index >= 15 is 0 Å². The van der Waals surface area contributed by atoms with Gasteiger partial charge in [-0.2, -0.15) is 0 Å². The van der Waals surface area contributed by atoms with Gasteiger partial charge >= 0.3 is 0 Å². The predicted octanol–water partition coefficient (Wildman–Crippen LogP) is 3.71. The molecule has 0 spiro atoms. The molecule has 1 aliphatic carbocycles. The van der Waals surface area contributed by atoms with Gasteiger partial charge in [0.25, 0.3) is 5.69 Å². The molecule has 0 radical (unpaired) electrons. The third-order valence-electron chi connectivity index (χ3n) is 4.61. The number of hydrogen-bond donors (Lipinski definition) is 1. The smallest absolute Gasteiger partial charge is 0.273 e. The topological polar surface area (TPSA) is 64.4 Å². The van der Waals surface area contributed by atoms with E-state index in [0.29, 0.717) is 23.6 Å². The zero-order valence-electron chi connectivity index (χ0n) is 12.5. The van der Waals surface area contributed by atoms with Crippen LogP contribution in [0, 0.1) is 22.0 Å². The lowest BCUT2D eigenvalue weighted by Gasteiger charge is -2.39. The molecule has 0 aromatic heterocycles. The molecule has 0 saturated heterocycles. The third kappa shape index (κ3) is 2.17. The minimum absolute atomic E-state index is 0.0921. The number of hydrogen-bond acceptors (Lipinski definition) is 4. The van der Waals surface area contributed by atoms with Gasteiger partial charge in [-0.3, -0.25) is 10.1 Å². The van der Waals surface area contributed by atoms with Crippen LogP contribution in [0.1, 0.15) is 31.7 Å². The second-order valence-electron chi connectivity index (χ2n) is 6.14. The van der Waals surface area contributed by atoms with Crippen LogP contribution >= 0.6 is 0 Å². The normalized spacial score (nSPS) is 26.2. The fourth-order valence-corrected chi connectivity index (χ4v) is 3.62. The van der Waals surface area contributed by atoms with Gasteiger partial charge in [0.05, 0.1) is 23.8 Å². The number of fused-ring (bicyclic) bond motifs is 3. The van der Waals surface area contributed by atoms with Crippen molar-refractivity contribution in [3.05, 3.63) is 40.0 Å². The van der Waals surface area contributed by atoms with Crippen molar-refractivity contribution in [2.45, 2.75) is 32.2 Å². The third-order valence-corrected chi connectivity index (χ3v) is 4.61. The molecule has 112 valence electrons. The van der Waals surface area contributed by atoms with Crippen LogP contribution in [0.5, 0.6) is 5.75 Å². The summed E-state index contributed by atoms with van der Waals surface area (Å²) in [6.45, 7) is 4.41. The zero-order valence-corrected chi connectivity index (χ0v) is 12.5. The van der Waals surface area contributed by atoms with Crippen molar-refractivity contribution in [1.82, 2.24) is 0 Å². The maximum absolute atomic E-state index is 11.1. The van der Waals surface area contributed by atoms with Gasteiger partial charge in [-0.1, -0.05) is 26.0 Å². The van der Waals surface area contributed by atoms with Gasteiger partial charge in [-0.15, -0.1) is 0 Å². The van der Waals surface area contributed by atoms with E-state index in [4.69, 9.17) is 4.74 Å². The number of nitrogens with zero attached hydrogens (tertiary/aromatic N) is 1. The van der Waals surface area contributed by atoms with Gasteiger partial charge in [0, 0.05) is 18.0 Å². The number of benzene rings is 1. The van der Waals surface area contributed by atoms with Crippen LogP contribution in [0.4, 0.5) is 11.4 Å². The van der Waals surface area contributed by atoms with E-state index in [1.165, 1.54) is 6.07 Å². The lowest BCUT2D eigenvalue weighted by atomic mass is 9.75. The molecule has 0 fully saturated rings. The summed E-state index contributed by atoms with van der Waals surface area (Å²) in [5, 5.41) is 14.7. The molecule has 0 unspecified atom stereocenters. The first kappa shape index (κ1) is 13.9. The van der Waals surface area contributed by atoms with E-state index in [9.17, 15) is 10.1 Å². The summed E-state index contributed by atoms with van der Waals surface area (Å²) in [5.41, 5.74) is 1.99. The van der Waals surface area contributed by atoms with Crippen molar-refractivity contribution in [3.8, 4) is 5.75 Å². The Labute approximate surface area is 124 Å². The molecule has 0 saturated carbocycles. The summed E-state index contributed by atoms with van der Waals surface area (Å²) in [6, 6.07) is 3.55. The number of nitrogens with one attached hydrogen (secondary N) is 1. The molecule has 1 aliphatic heterocycles. The number of non-ortho nitro benzene ring substituents is 1. The molecule has 1 N–H and O–H groups in total. The molecular formula is C16H20N2O3. The van der Waals surface area contributed by atoms with Crippen LogP contribution in [0.2, 0.25) is 0 Å². The Morgan fingerprint density at radius 2 is 2.19 bits per heavy atom. The highest BCUT2D eigenvalue weighted by Gasteiger charge is 2.40. The molecule has 3 atom stereocenters. The summed E-state index contributed by atoms with van der Waals surface area (Å²) >= 11 is 0. The van der Waals surface area contributed by atoms with Gasteiger partial charge in [-0.05, 0) is 23.8 Å². The summed E-state index contributed by atoms with van der Waals surface area (Å²) in [6.07, 6.45) is 5.39. The standard InChI is InChI=1S/C16H20N2O3/c1-9(2)15-12-6-4-5-11(12)13-7-10(18(19)20)8-14(21-3)16(13)17-15/h4-5,7-9,11-12,15,17H,6H2,1-3H3/t11-,12+,15-/m0/s1. The van der Waals surface area contributed by atoms with Crippen LogP contribution < -0.4 is 10.1 Å². The van der Waals surface area contributed by atoms with Crippen molar-refractivity contribution in [3.63, 3.8) is 0 Å². The minimum atomic E-state index is -0.356. The molecule has 5 heteroatoms. The number of allylic oxidation sites excluding steroid dienone is 2. The minimum Gasteiger partial charge on any atom is -0.494 e. The number of ether oxygens (including phenoxy) is 1. The highest BCUT2D eigenvalue weighted by Crippen LogP contribution is 2.50. The molecule has 1 heterocycles. The number of nitro groups is 1. The van der Waals surface area contributed by atoms with Crippen LogP contribution in [0.15, 0.2) is 24.3 Å². The molecule has 1 aromatic carbocycles. The maximum atomic E-state index is 11.1. The Hall–Kier alpha value is -2.04. The molecule has 0 amide bonds. The lowest BCUT2D eigenvalue weighted by molar-refractivity contribution is -0.385. The van der Waals surface area contributed by atoms with E-state index in [2.05, 4.69) is 31.3 Å². The Balaban J connectivity index is 2.15. The van der Waals surface area contributed by atoms with E-state index in [0.717, 1.165) is 17.7 Å².